The summed E-state index contributed by atoms with van der Waals surface area (Å²) in [5.41, 5.74) is -3.51. The number of aromatic nitrogens is 2. The van der Waals surface area contributed by atoms with Crippen molar-refractivity contribution >= 4 is 16.8 Å². The molecule has 0 radical (unpaired) electrons. The minimum Gasteiger partial charge on any atom is -0.490 e. The lowest BCUT2D eigenvalue weighted by Crippen LogP contribution is -2.51. The molecule has 1 aliphatic heterocycles. The summed E-state index contributed by atoms with van der Waals surface area (Å²) in [6, 6.07) is 12.8. The minimum absolute atomic E-state index is 0.0447. The fourth-order valence-electron chi connectivity index (χ4n) is 4.44. The van der Waals surface area contributed by atoms with Crippen molar-refractivity contribution in [2.75, 3.05) is 13.2 Å². The number of alkyl halides is 3. The minimum atomic E-state index is -5.19. The molecule has 6 nitrogen and oxygen atoms in total. The first-order valence-electron chi connectivity index (χ1n) is 11.5. The average Bonchev–Trinajstić information content (AvgIpc) is 3.45. The van der Waals surface area contributed by atoms with Crippen molar-refractivity contribution in [2.24, 2.45) is 0 Å². The van der Waals surface area contributed by atoms with Crippen molar-refractivity contribution in [2.45, 2.75) is 31.0 Å². The molecule has 3 N–H and O–H groups in total. The SMILES string of the molecule is CC1(C)COc2c1cc([C@@](O)(CNC(=O)c1cccc3cc[nH]c13)C(F)(F)F)nc2-c1ccc(F)cc1. The number of hydrogen-bond acceptors (Lipinski definition) is 4. The maximum Gasteiger partial charge on any atom is 0.424 e. The van der Waals surface area contributed by atoms with E-state index in [-0.39, 0.29) is 23.6 Å². The summed E-state index contributed by atoms with van der Waals surface area (Å²) in [5, 5.41) is 14.0. The van der Waals surface area contributed by atoms with Crippen LogP contribution in [0.4, 0.5) is 17.6 Å². The Morgan fingerprint density at radius 2 is 1.89 bits per heavy atom. The van der Waals surface area contributed by atoms with Gasteiger partial charge in [0.1, 0.15) is 17.3 Å². The predicted molar refractivity (Wildman–Crippen MR) is 129 cm³/mol. The van der Waals surface area contributed by atoms with E-state index in [1.54, 1.807) is 38.2 Å². The van der Waals surface area contributed by atoms with E-state index in [0.29, 0.717) is 22.0 Å². The molecule has 1 aliphatic rings. The Hall–Kier alpha value is -3.92. The number of carbonyl (C=O) groups excluding carboxylic acids is 1. The number of carbonyl (C=O) groups is 1. The normalized spacial score (nSPS) is 16.2. The van der Waals surface area contributed by atoms with Gasteiger partial charge in [-0.2, -0.15) is 13.2 Å². The van der Waals surface area contributed by atoms with Gasteiger partial charge < -0.3 is 20.1 Å². The number of pyridine rings is 1. The number of para-hydroxylation sites is 1. The molecular formula is C27H23F4N3O3. The van der Waals surface area contributed by atoms with Crippen LogP contribution in [0.3, 0.4) is 0 Å². The maximum absolute atomic E-state index is 14.4. The molecule has 1 atom stereocenters. The van der Waals surface area contributed by atoms with Crippen LogP contribution >= 0.6 is 0 Å². The van der Waals surface area contributed by atoms with Gasteiger partial charge in [0.15, 0.2) is 0 Å². The highest BCUT2D eigenvalue weighted by Gasteiger charge is 2.57. The van der Waals surface area contributed by atoms with Gasteiger partial charge in [-0.1, -0.05) is 26.0 Å². The molecule has 0 saturated carbocycles. The summed E-state index contributed by atoms with van der Waals surface area (Å²) >= 11 is 0. The van der Waals surface area contributed by atoms with Gasteiger partial charge in [0, 0.05) is 28.1 Å². The van der Waals surface area contributed by atoms with E-state index in [0.717, 1.165) is 12.1 Å². The van der Waals surface area contributed by atoms with Crippen LogP contribution in [0.25, 0.3) is 22.2 Å². The van der Waals surface area contributed by atoms with Crippen LogP contribution in [-0.4, -0.2) is 40.3 Å². The second-order valence-electron chi connectivity index (χ2n) is 9.70. The molecule has 0 aliphatic carbocycles. The molecule has 1 amide bonds. The lowest BCUT2D eigenvalue weighted by atomic mass is 9.84. The number of rotatable bonds is 5. The number of ether oxygens (including phenoxy) is 1. The Bertz CT molecular complexity index is 1500. The molecule has 2 aromatic carbocycles. The molecule has 0 bridgehead atoms. The molecule has 2 aromatic heterocycles. The van der Waals surface area contributed by atoms with Crippen LogP contribution in [0.15, 0.2) is 60.8 Å². The molecule has 37 heavy (non-hydrogen) atoms. The number of benzene rings is 2. The number of H-pyrrole nitrogens is 1. The van der Waals surface area contributed by atoms with Crippen LogP contribution in [0.1, 0.15) is 35.5 Å². The zero-order valence-electron chi connectivity index (χ0n) is 19.9. The fourth-order valence-corrected chi connectivity index (χ4v) is 4.44. The van der Waals surface area contributed by atoms with Gasteiger partial charge in [0.05, 0.1) is 29.9 Å². The third-order valence-corrected chi connectivity index (χ3v) is 6.63. The van der Waals surface area contributed by atoms with E-state index >= 15 is 0 Å². The molecule has 4 aromatic rings. The Morgan fingerprint density at radius 1 is 1.16 bits per heavy atom. The summed E-state index contributed by atoms with van der Waals surface area (Å²) in [6.07, 6.45) is -3.58. The van der Waals surface area contributed by atoms with Gasteiger partial charge in [-0.05, 0) is 42.5 Å². The highest BCUT2D eigenvalue weighted by molar-refractivity contribution is 6.05. The first-order chi connectivity index (χ1) is 17.4. The van der Waals surface area contributed by atoms with Gasteiger partial charge >= 0.3 is 6.18 Å². The number of fused-ring (bicyclic) bond motifs is 2. The van der Waals surface area contributed by atoms with Gasteiger partial charge in [-0.25, -0.2) is 9.37 Å². The van der Waals surface area contributed by atoms with Gasteiger partial charge in [-0.3, -0.25) is 4.79 Å². The molecule has 0 saturated heterocycles. The average molecular weight is 513 g/mol. The van der Waals surface area contributed by atoms with Gasteiger partial charge in [-0.15, -0.1) is 0 Å². The summed E-state index contributed by atoms with van der Waals surface area (Å²) < 4.78 is 62.7. The van der Waals surface area contributed by atoms with E-state index < -0.39 is 41.2 Å². The standard InChI is InChI=1S/C27H23F4N3O3/c1-25(2)14-37-23-19(25)12-20(34-22(23)16-6-8-17(28)9-7-16)26(36,27(29,30)31)13-33-24(35)18-5-3-4-15-10-11-32-21(15)18/h3-12,32,36H,13-14H2,1-2H3,(H,33,35)/t26-/m0/s1. The Kier molecular flexibility index (Phi) is 5.74. The molecule has 5 rings (SSSR count). The van der Waals surface area contributed by atoms with E-state index in [2.05, 4.69) is 15.3 Å². The highest BCUT2D eigenvalue weighted by Crippen LogP contribution is 2.47. The Morgan fingerprint density at radius 3 is 2.59 bits per heavy atom. The van der Waals surface area contributed by atoms with Crippen LogP contribution < -0.4 is 10.1 Å². The van der Waals surface area contributed by atoms with Crippen molar-refractivity contribution in [1.82, 2.24) is 15.3 Å². The molecular weight excluding hydrogens is 490 g/mol. The van der Waals surface area contributed by atoms with Crippen molar-refractivity contribution in [1.29, 1.82) is 0 Å². The number of aromatic amines is 1. The molecule has 192 valence electrons. The fraction of sp³-hybridized carbons (Fsp3) is 0.259. The van der Waals surface area contributed by atoms with Crippen LogP contribution in [0.2, 0.25) is 0 Å². The van der Waals surface area contributed by atoms with Crippen LogP contribution in [0, 0.1) is 5.82 Å². The maximum atomic E-state index is 14.4. The topological polar surface area (TPSA) is 87.2 Å². The first kappa shape index (κ1) is 24.8. The quantitative estimate of drug-likeness (QED) is 0.320. The van der Waals surface area contributed by atoms with Gasteiger partial charge in [0.25, 0.3) is 5.91 Å². The number of nitrogens with one attached hydrogen (secondary N) is 2. The van der Waals surface area contributed by atoms with Crippen LogP contribution in [0.5, 0.6) is 5.75 Å². The molecule has 3 heterocycles. The van der Waals surface area contributed by atoms with Crippen molar-refractivity contribution < 1.29 is 32.2 Å². The molecule has 10 heteroatoms. The highest BCUT2D eigenvalue weighted by atomic mass is 19.4. The number of hydrogen-bond donors (Lipinski definition) is 3. The lowest BCUT2D eigenvalue weighted by Gasteiger charge is -2.31. The summed E-state index contributed by atoms with van der Waals surface area (Å²) in [7, 11) is 0. The Labute approximate surface area is 209 Å². The smallest absolute Gasteiger partial charge is 0.424 e. The number of halogens is 4. The molecule has 0 unspecified atom stereocenters. The zero-order valence-corrected chi connectivity index (χ0v) is 19.9. The van der Waals surface area contributed by atoms with E-state index in [1.807, 2.05) is 0 Å². The van der Waals surface area contributed by atoms with Crippen molar-refractivity contribution in [3.05, 3.63) is 83.4 Å². The van der Waals surface area contributed by atoms with E-state index in [9.17, 15) is 27.5 Å². The largest absolute Gasteiger partial charge is 0.490 e. The number of nitrogens with zero attached hydrogens (tertiary/aromatic N) is 1. The Balaban J connectivity index is 1.58. The zero-order chi connectivity index (χ0) is 26.6. The second kappa shape index (κ2) is 8.58. The van der Waals surface area contributed by atoms with E-state index in [4.69, 9.17) is 4.74 Å². The molecule has 0 fully saturated rings. The summed E-state index contributed by atoms with van der Waals surface area (Å²) in [6.45, 7) is 2.59. The first-order valence-corrected chi connectivity index (χ1v) is 11.5. The third-order valence-electron chi connectivity index (χ3n) is 6.63. The van der Waals surface area contributed by atoms with Crippen molar-refractivity contribution in [3.63, 3.8) is 0 Å². The lowest BCUT2D eigenvalue weighted by molar-refractivity contribution is -0.265. The van der Waals surface area contributed by atoms with E-state index in [1.165, 1.54) is 24.3 Å². The van der Waals surface area contributed by atoms with Crippen molar-refractivity contribution in [3.8, 4) is 17.0 Å². The number of aliphatic hydroxyl groups is 1. The second-order valence-corrected chi connectivity index (χ2v) is 9.70. The summed E-state index contributed by atoms with van der Waals surface area (Å²) in [4.78, 5) is 19.9. The predicted octanol–water partition coefficient (Wildman–Crippen LogP) is 5.22. The summed E-state index contributed by atoms with van der Waals surface area (Å²) in [5.74, 6) is -1.05. The molecule has 0 spiro atoms. The third kappa shape index (κ3) is 4.21. The number of amides is 1. The monoisotopic (exact) mass is 513 g/mol. The van der Waals surface area contributed by atoms with Gasteiger partial charge in [0.2, 0.25) is 5.60 Å². The van der Waals surface area contributed by atoms with Crippen LogP contribution in [-0.2, 0) is 11.0 Å².